The SMILES string of the molecule is C=CC(=O)N1CCn2nc(-c3nc(-c4ccc5c(c4)CCNC5=O)c4ccsc4c3-c3c(F)cc(F)cc3OCCOC)cc2C1C.[HH]. The van der Waals surface area contributed by atoms with E-state index in [4.69, 9.17) is 19.6 Å². The molecule has 12 heteroatoms. The van der Waals surface area contributed by atoms with Crippen molar-refractivity contribution in [3.63, 3.8) is 0 Å². The Labute approximate surface area is 274 Å². The Bertz CT molecular complexity index is 2080. The number of benzene rings is 2. The molecule has 1 atom stereocenters. The quantitative estimate of drug-likeness (QED) is 0.153. The van der Waals surface area contributed by atoms with Crippen LogP contribution >= 0.6 is 11.3 Å². The van der Waals surface area contributed by atoms with Gasteiger partial charge in [-0.3, -0.25) is 14.3 Å². The number of pyridine rings is 1. The molecule has 47 heavy (non-hydrogen) atoms. The first-order valence-corrected chi connectivity index (χ1v) is 16.1. The molecule has 2 aliphatic heterocycles. The monoisotopic (exact) mass is 657 g/mol. The lowest BCUT2D eigenvalue weighted by atomic mass is 9.93. The second kappa shape index (κ2) is 12.3. The Morgan fingerprint density at radius 2 is 2.00 bits per heavy atom. The van der Waals surface area contributed by atoms with E-state index < -0.39 is 11.6 Å². The molecular formula is C35H33F2N5O4S. The van der Waals surface area contributed by atoms with Crippen molar-refractivity contribution < 1.29 is 29.3 Å². The minimum atomic E-state index is -0.803. The number of hydrogen-bond donors (Lipinski definition) is 1. The number of ether oxygens (including phenoxy) is 2. The molecule has 2 amide bonds. The predicted molar refractivity (Wildman–Crippen MR) is 177 cm³/mol. The van der Waals surface area contributed by atoms with Gasteiger partial charge in [0.2, 0.25) is 5.91 Å². The van der Waals surface area contributed by atoms with Crippen LogP contribution in [0.5, 0.6) is 5.75 Å². The summed E-state index contributed by atoms with van der Waals surface area (Å²) in [4.78, 5) is 32.0. The molecule has 1 N–H and O–H groups in total. The van der Waals surface area contributed by atoms with Crippen LogP contribution in [0.3, 0.4) is 0 Å². The van der Waals surface area contributed by atoms with Crippen LogP contribution in [0.1, 0.15) is 36.0 Å². The lowest BCUT2D eigenvalue weighted by molar-refractivity contribution is -0.129. The first kappa shape index (κ1) is 30.7. The number of halogens is 2. The van der Waals surface area contributed by atoms with Crippen LogP contribution in [0.2, 0.25) is 0 Å². The molecule has 5 heterocycles. The molecule has 3 aromatic heterocycles. The van der Waals surface area contributed by atoms with E-state index in [-0.39, 0.29) is 43.8 Å². The van der Waals surface area contributed by atoms with Crippen molar-refractivity contribution in [3.8, 4) is 39.5 Å². The van der Waals surface area contributed by atoms with Gasteiger partial charge in [-0.05, 0) is 54.6 Å². The highest BCUT2D eigenvalue weighted by molar-refractivity contribution is 7.18. The van der Waals surface area contributed by atoms with E-state index in [1.54, 1.807) is 11.0 Å². The number of carbonyl (C=O) groups excluding carboxylic acids is 2. The van der Waals surface area contributed by atoms with Gasteiger partial charge >= 0.3 is 0 Å². The van der Waals surface area contributed by atoms with Crippen molar-refractivity contribution in [2.24, 2.45) is 0 Å². The van der Waals surface area contributed by atoms with E-state index in [2.05, 4.69) is 11.9 Å². The normalized spacial score (nSPS) is 15.7. The second-order valence-electron chi connectivity index (χ2n) is 11.4. The number of amides is 2. The summed E-state index contributed by atoms with van der Waals surface area (Å²) in [5.41, 5.74) is 5.09. The van der Waals surface area contributed by atoms with E-state index in [9.17, 15) is 14.0 Å². The Morgan fingerprint density at radius 3 is 2.81 bits per heavy atom. The zero-order chi connectivity index (χ0) is 32.8. The molecule has 0 aliphatic carbocycles. The van der Waals surface area contributed by atoms with Crippen molar-refractivity contribution in [2.45, 2.75) is 25.9 Å². The van der Waals surface area contributed by atoms with Gasteiger partial charge in [0, 0.05) is 60.5 Å². The van der Waals surface area contributed by atoms with Crippen LogP contribution < -0.4 is 10.1 Å². The Morgan fingerprint density at radius 1 is 1.15 bits per heavy atom. The molecule has 2 aromatic carbocycles. The van der Waals surface area contributed by atoms with Crippen LogP contribution in [0, 0.1) is 11.6 Å². The molecule has 0 bridgehead atoms. The first-order chi connectivity index (χ1) is 22.8. The summed E-state index contributed by atoms with van der Waals surface area (Å²) in [5, 5.41) is 10.5. The second-order valence-corrected chi connectivity index (χ2v) is 12.3. The summed E-state index contributed by atoms with van der Waals surface area (Å²) < 4.78 is 44.3. The van der Waals surface area contributed by atoms with Crippen LogP contribution in [-0.2, 0) is 22.5 Å². The van der Waals surface area contributed by atoms with Gasteiger partial charge in [0.1, 0.15) is 35.4 Å². The number of hydrogen-bond acceptors (Lipinski definition) is 7. The average molecular weight is 658 g/mol. The van der Waals surface area contributed by atoms with Gasteiger partial charge in [-0.1, -0.05) is 12.6 Å². The fourth-order valence-corrected chi connectivity index (χ4v) is 7.36. The lowest BCUT2D eigenvalue weighted by Crippen LogP contribution is -2.40. The standard InChI is InChI=1S/C35H31F2N5O4S.H2/c1-4-29(43)41-10-11-42-27(19(41)2)18-26(40-42)33-31(30-25(37)16-22(36)17-28(30)46-13-12-45-3)34-24(8-14-47-34)32(39-33)21-5-6-23-20(15-21)7-9-38-35(23)44;/h4-6,8,14-19H,1,7,9-13H2,2-3H3,(H,38,44);1H. The summed E-state index contributed by atoms with van der Waals surface area (Å²) in [6, 6.07) is 11.1. The van der Waals surface area contributed by atoms with Crippen molar-refractivity contribution in [3.05, 3.63) is 89.0 Å². The summed E-state index contributed by atoms with van der Waals surface area (Å²) in [6.07, 6.45) is 1.98. The van der Waals surface area contributed by atoms with Crippen LogP contribution in [0.25, 0.3) is 43.9 Å². The predicted octanol–water partition coefficient (Wildman–Crippen LogP) is 6.42. The van der Waals surface area contributed by atoms with E-state index in [1.807, 2.05) is 41.3 Å². The van der Waals surface area contributed by atoms with E-state index in [0.29, 0.717) is 59.0 Å². The molecule has 5 aromatic rings. The highest BCUT2D eigenvalue weighted by Gasteiger charge is 2.31. The number of aromatic nitrogens is 3. The third kappa shape index (κ3) is 5.36. The van der Waals surface area contributed by atoms with Crippen LogP contribution in [-0.4, -0.2) is 64.9 Å². The minimum absolute atomic E-state index is 0. The fourth-order valence-electron chi connectivity index (χ4n) is 6.42. The third-order valence-corrected chi connectivity index (χ3v) is 9.62. The maximum Gasteiger partial charge on any atom is 0.251 e. The lowest BCUT2D eigenvalue weighted by Gasteiger charge is -2.33. The topological polar surface area (TPSA) is 98.6 Å². The van der Waals surface area contributed by atoms with Gasteiger partial charge in [-0.15, -0.1) is 11.3 Å². The average Bonchev–Trinajstić information content (AvgIpc) is 3.73. The molecule has 9 nitrogen and oxygen atoms in total. The highest BCUT2D eigenvalue weighted by Crippen LogP contribution is 2.47. The number of carbonyl (C=O) groups is 2. The molecule has 242 valence electrons. The molecule has 0 fully saturated rings. The maximum absolute atomic E-state index is 16.1. The molecule has 0 saturated heterocycles. The van der Waals surface area contributed by atoms with Crippen molar-refractivity contribution in [2.75, 3.05) is 33.4 Å². The molecule has 2 aliphatic rings. The van der Waals surface area contributed by atoms with E-state index >= 15 is 4.39 Å². The van der Waals surface area contributed by atoms with Crippen molar-refractivity contribution >= 4 is 33.2 Å². The van der Waals surface area contributed by atoms with Gasteiger partial charge < -0.3 is 19.7 Å². The van der Waals surface area contributed by atoms with Gasteiger partial charge in [0.15, 0.2) is 0 Å². The molecule has 0 spiro atoms. The Hall–Kier alpha value is -4.94. The van der Waals surface area contributed by atoms with Crippen LogP contribution in [0.15, 0.2) is 60.5 Å². The Kier molecular flexibility index (Phi) is 8.06. The minimum Gasteiger partial charge on any atom is -0.490 e. The van der Waals surface area contributed by atoms with Crippen molar-refractivity contribution in [1.29, 1.82) is 0 Å². The largest absolute Gasteiger partial charge is 0.490 e. The molecule has 7 rings (SSSR count). The van der Waals surface area contributed by atoms with E-state index in [0.717, 1.165) is 28.3 Å². The zero-order valence-corrected chi connectivity index (χ0v) is 26.6. The number of methoxy groups -OCH3 is 1. The smallest absolute Gasteiger partial charge is 0.251 e. The maximum atomic E-state index is 16.1. The third-order valence-electron chi connectivity index (χ3n) is 8.68. The number of nitrogens with zero attached hydrogens (tertiary/aromatic N) is 4. The molecule has 1 unspecified atom stereocenters. The zero-order valence-electron chi connectivity index (χ0n) is 25.8. The number of nitrogens with one attached hydrogen (secondary N) is 1. The van der Waals surface area contributed by atoms with Gasteiger partial charge in [0.25, 0.3) is 5.91 Å². The Balaban J connectivity index is 0.00000401. The van der Waals surface area contributed by atoms with E-state index in [1.165, 1.54) is 30.6 Å². The highest BCUT2D eigenvalue weighted by atomic mass is 32.1. The molecular weight excluding hydrogens is 624 g/mol. The molecule has 0 saturated carbocycles. The van der Waals surface area contributed by atoms with Gasteiger partial charge in [-0.25, -0.2) is 13.8 Å². The van der Waals surface area contributed by atoms with Crippen molar-refractivity contribution in [1.82, 2.24) is 25.0 Å². The van der Waals surface area contributed by atoms with Gasteiger partial charge in [0.05, 0.1) is 36.1 Å². The summed E-state index contributed by atoms with van der Waals surface area (Å²) in [6.45, 7) is 7.30. The summed E-state index contributed by atoms with van der Waals surface area (Å²) in [7, 11) is 1.52. The van der Waals surface area contributed by atoms with Crippen LogP contribution in [0.4, 0.5) is 8.78 Å². The number of fused-ring (bicyclic) bond motifs is 3. The summed E-state index contributed by atoms with van der Waals surface area (Å²) >= 11 is 1.40. The number of rotatable bonds is 8. The molecule has 0 radical (unpaired) electrons. The first-order valence-electron chi connectivity index (χ1n) is 15.2. The van der Waals surface area contributed by atoms with Gasteiger partial charge in [-0.2, -0.15) is 5.10 Å². The number of thiophene rings is 1. The fraction of sp³-hybridized carbons (Fsp3) is 0.257. The summed E-state index contributed by atoms with van der Waals surface area (Å²) in [5.74, 6) is -1.85.